The summed E-state index contributed by atoms with van der Waals surface area (Å²) in [5, 5.41) is 0.509. The van der Waals surface area contributed by atoms with Crippen molar-refractivity contribution in [3.8, 4) is 5.75 Å². The molecule has 0 aromatic heterocycles. The summed E-state index contributed by atoms with van der Waals surface area (Å²) < 4.78 is 5.27. The first-order chi connectivity index (χ1) is 11.1. The van der Waals surface area contributed by atoms with Gasteiger partial charge in [-0.25, -0.2) is 0 Å². The van der Waals surface area contributed by atoms with Gasteiger partial charge in [0.25, 0.3) is 5.91 Å². The second-order valence-corrected chi connectivity index (χ2v) is 6.53. The van der Waals surface area contributed by atoms with Crippen molar-refractivity contribution < 1.29 is 14.3 Å². The molecule has 124 valence electrons. The predicted octanol–water partition coefficient (Wildman–Crippen LogP) is 2.43. The summed E-state index contributed by atoms with van der Waals surface area (Å²) in [5.74, 6) is 0.907. The average molecular weight is 337 g/mol. The molecule has 5 nitrogen and oxygen atoms in total. The number of carbonyl (C=O) groups excluding carboxylic acids is 2. The maximum Gasteiger partial charge on any atom is 0.257 e. The molecule has 0 atom stereocenters. The van der Waals surface area contributed by atoms with E-state index in [4.69, 9.17) is 16.3 Å². The fourth-order valence-electron chi connectivity index (χ4n) is 2.95. The van der Waals surface area contributed by atoms with Crippen LogP contribution in [-0.4, -0.2) is 54.9 Å². The van der Waals surface area contributed by atoms with E-state index < -0.39 is 0 Å². The van der Waals surface area contributed by atoms with Crippen molar-refractivity contribution in [2.75, 3.05) is 33.3 Å². The Labute approximate surface area is 141 Å². The third kappa shape index (κ3) is 3.61. The van der Waals surface area contributed by atoms with E-state index in [1.54, 1.807) is 30.2 Å². The van der Waals surface area contributed by atoms with Crippen molar-refractivity contribution >= 4 is 23.4 Å². The highest BCUT2D eigenvalue weighted by molar-refractivity contribution is 6.31. The summed E-state index contributed by atoms with van der Waals surface area (Å²) in [6, 6.07) is 5.05. The van der Waals surface area contributed by atoms with Crippen LogP contribution in [0, 0.1) is 5.92 Å². The number of hydrogen-bond acceptors (Lipinski definition) is 3. The Hall–Kier alpha value is -1.75. The zero-order valence-corrected chi connectivity index (χ0v) is 14.0. The lowest BCUT2D eigenvalue weighted by molar-refractivity contribution is -0.132. The summed E-state index contributed by atoms with van der Waals surface area (Å²) in [5.41, 5.74) is 0.474. The number of rotatable bonds is 3. The molecule has 2 fully saturated rings. The quantitative estimate of drug-likeness (QED) is 0.851. The van der Waals surface area contributed by atoms with Crippen molar-refractivity contribution in [2.24, 2.45) is 5.92 Å². The molecule has 1 aliphatic carbocycles. The standard InChI is InChI=1S/C17H21ClN2O3/c1-23-15-6-5-13(18)11-14(15)17(22)20-8-2-7-19(9-10-20)16(21)12-3-4-12/h5-6,11-12H,2-4,7-10H2,1H3. The molecule has 23 heavy (non-hydrogen) atoms. The number of hydrogen-bond donors (Lipinski definition) is 0. The summed E-state index contributed by atoms with van der Waals surface area (Å²) in [6.07, 6.45) is 2.82. The van der Waals surface area contributed by atoms with E-state index in [1.807, 2.05) is 4.90 Å². The maximum atomic E-state index is 12.8. The fourth-order valence-corrected chi connectivity index (χ4v) is 3.12. The zero-order valence-electron chi connectivity index (χ0n) is 13.3. The Kier molecular flexibility index (Phi) is 4.76. The zero-order chi connectivity index (χ0) is 16.4. The summed E-state index contributed by atoms with van der Waals surface area (Å²) in [7, 11) is 1.54. The third-order valence-corrected chi connectivity index (χ3v) is 4.65. The number of carbonyl (C=O) groups is 2. The number of benzene rings is 1. The molecule has 1 aromatic carbocycles. The molecular formula is C17H21ClN2O3. The van der Waals surface area contributed by atoms with Gasteiger partial charge in [-0.05, 0) is 37.5 Å². The summed E-state index contributed by atoms with van der Waals surface area (Å²) in [6.45, 7) is 2.52. The van der Waals surface area contributed by atoms with Gasteiger partial charge in [0.05, 0.1) is 12.7 Å². The highest BCUT2D eigenvalue weighted by atomic mass is 35.5. The van der Waals surface area contributed by atoms with Gasteiger partial charge >= 0.3 is 0 Å². The van der Waals surface area contributed by atoms with E-state index in [2.05, 4.69) is 0 Å². The van der Waals surface area contributed by atoms with Gasteiger partial charge in [0.15, 0.2) is 0 Å². The summed E-state index contributed by atoms with van der Waals surface area (Å²) >= 11 is 6.02. The normalized spacial score (nSPS) is 18.5. The van der Waals surface area contributed by atoms with Crippen LogP contribution in [0.1, 0.15) is 29.6 Å². The Morgan fingerprint density at radius 1 is 1.13 bits per heavy atom. The number of halogens is 1. The molecule has 1 saturated heterocycles. The van der Waals surface area contributed by atoms with E-state index in [0.29, 0.717) is 36.0 Å². The molecule has 1 aromatic rings. The van der Waals surface area contributed by atoms with Crippen LogP contribution >= 0.6 is 11.6 Å². The molecule has 0 radical (unpaired) electrons. The molecule has 6 heteroatoms. The smallest absolute Gasteiger partial charge is 0.257 e. The molecule has 1 aliphatic heterocycles. The highest BCUT2D eigenvalue weighted by Crippen LogP contribution is 2.31. The molecule has 1 saturated carbocycles. The topological polar surface area (TPSA) is 49.9 Å². The number of nitrogens with zero attached hydrogens (tertiary/aromatic N) is 2. The molecule has 2 amide bonds. The van der Waals surface area contributed by atoms with Gasteiger partial charge in [-0.1, -0.05) is 11.6 Å². The highest BCUT2D eigenvalue weighted by Gasteiger charge is 2.34. The van der Waals surface area contributed by atoms with E-state index in [1.165, 1.54) is 0 Å². The Bertz CT molecular complexity index is 616. The van der Waals surface area contributed by atoms with E-state index in [-0.39, 0.29) is 17.7 Å². The molecule has 2 aliphatic rings. The van der Waals surface area contributed by atoms with E-state index in [9.17, 15) is 9.59 Å². The van der Waals surface area contributed by atoms with Crippen LogP contribution in [0.5, 0.6) is 5.75 Å². The van der Waals surface area contributed by atoms with E-state index >= 15 is 0 Å². The lowest BCUT2D eigenvalue weighted by Gasteiger charge is -2.23. The van der Waals surface area contributed by atoms with Crippen LogP contribution in [0.15, 0.2) is 18.2 Å². The van der Waals surface area contributed by atoms with Crippen LogP contribution in [0.2, 0.25) is 5.02 Å². The van der Waals surface area contributed by atoms with Crippen molar-refractivity contribution in [1.82, 2.24) is 9.80 Å². The molecule has 0 N–H and O–H groups in total. The molecular weight excluding hydrogens is 316 g/mol. The van der Waals surface area contributed by atoms with Gasteiger partial charge in [0.1, 0.15) is 5.75 Å². The Morgan fingerprint density at radius 2 is 1.83 bits per heavy atom. The molecule has 0 spiro atoms. The monoisotopic (exact) mass is 336 g/mol. The Balaban J connectivity index is 1.70. The molecule has 3 rings (SSSR count). The maximum absolute atomic E-state index is 12.8. The predicted molar refractivity (Wildman–Crippen MR) is 87.8 cm³/mol. The minimum absolute atomic E-state index is 0.0925. The number of amides is 2. The van der Waals surface area contributed by atoms with Crippen molar-refractivity contribution in [3.63, 3.8) is 0 Å². The second-order valence-electron chi connectivity index (χ2n) is 6.09. The van der Waals surface area contributed by atoms with Crippen LogP contribution in [0.4, 0.5) is 0 Å². The summed E-state index contributed by atoms with van der Waals surface area (Å²) in [4.78, 5) is 28.7. The van der Waals surface area contributed by atoms with Gasteiger partial charge < -0.3 is 14.5 Å². The second kappa shape index (κ2) is 6.79. The van der Waals surface area contributed by atoms with Gasteiger partial charge in [0.2, 0.25) is 5.91 Å². The van der Waals surface area contributed by atoms with Crippen LogP contribution in [0.3, 0.4) is 0 Å². The van der Waals surface area contributed by atoms with Gasteiger partial charge in [0, 0.05) is 37.1 Å². The lowest BCUT2D eigenvalue weighted by atomic mass is 10.1. The van der Waals surface area contributed by atoms with Gasteiger partial charge in [-0.15, -0.1) is 0 Å². The minimum Gasteiger partial charge on any atom is -0.496 e. The van der Waals surface area contributed by atoms with Crippen LogP contribution < -0.4 is 4.74 Å². The SMILES string of the molecule is COc1ccc(Cl)cc1C(=O)N1CCCN(C(=O)C2CC2)CC1. The Morgan fingerprint density at radius 3 is 2.52 bits per heavy atom. The van der Waals surface area contributed by atoms with Gasteiger partial charge in [-0.2, -0.15) is 0 Å². The van der Waals surface area contributed by atoms with Crippen LogP contribution in [-0.2, 0) is 4.79 Å². The minimum atomic E-state index is -0.0925. The van der Waals surface area contributed by atoms with Crippen molar-refractivity contribution in [2.45, 2.75) is 19.3 Å². The molecule has 0 unspecified atom stereocenters. The molecule has 0 bridgehead atoms. The number of ether oxygens (including phenoxy) is 1. The van der Waals surface area contributed by atoms with Crippen molar-refractivity contribution in [1.29, 1.82) is 0 Å². The third-order valence-electron chi connectivity index (χ3n) is 4.41. The lowest BCUT2D eigenvalue weighted by Crippen LogP contribution is -2.38. The van der Waals surface area contributed by atoms with Crippen molar-refractivity contribution in [3.05, 3.63) is 28.8 Å². The largest absolute Gasteiger partial charge is 0.496 e. The number of methoxy groups -OCH3 is 1. The van der Waals surface area contributed by atoms with Gasteiger partial charge in [-0.3, -0.25) is 9.59 Å². The van der Waals surface area contributed by atoms with E-state index in [0.717, 1.165) is 25.8 Å². The average Bonchev–Trinajstić information content (AvgIpc) is 3.39. The fraction of sp³-hybridized carbons (Fsp3) is 0.529. The van der Waals surface area contributed by atoms with Crippen LogP contribution in [0.25, 0.3) is 0 Å². The molecule has 1 heterocycles. The first-order valence-electron chi connectivity index (χ1n) is 8.01. The first kappa shape index (κ1) is 16.1. The first-order valence-corrected chi connectivity index (χ1v) is 8.39.